The maximum atomic E-state index is 13.4. The van der Waals surface area contributed by atoms with Gasteiger partial charge in [0, 0.05) is 17.8 Å². The van der Waals surface area contributed by atoms with Crippen LogP contribution in [-0.4, -0.2) is 24.4 Å². The second kappa shape index (κ2) is 8.14. The lowest BCUT2D eigenvalue weighted by Crippen LogP contribution is -2.28. The van der Waals surface area contributed by atoms with Gasteiger partial charge in [-0.15, -0.1) is 0 Å². The van der Waals surface area contributed by atoms with E-state index < -0.39 is 6.03 Å². The van der Waals surface area contributed by atoms with Crippen molar-refractivity contribution in [2.45, 2.75) is 13.5 Å². The second-order valence-electron chi connectivity index (χ2n) is 4.95. The number of para-hydroxylation sites is 1. The molecule has 3 N–H and O–H groups in total. The molecule has 0 aliphatic carbocycles. The summed E-state index contributed by atoms with van der Waals surface area (Å²) in [6.07, 6.45) is 0. The molecule has 0 saturated carbocycles. The summed E-state index contributed by atoms with van der Waals surface area (Å²) in [6.45, 7) is 2.01. The molecule has 2 amide bonds. The standard InChI is InChI=1S/C17H19FN2O3/c1-12-6-7-14(10-15(12)18)20-17(22)19-11-13-4-2-3-5-16(13)23-9-8-21/h2-7,10,21H,8-9,11H2,1H3,(H2,19,20,22). The van der Waals surface area contributed by atoms with Crippen molar-refractivity contribution in [2.75, 3.05) is 18.5 Å². The third-order valence-corrected chi connectivity index (χ3v) is 3.19. The molecule has 0 atom stereocenters. The summed E-state index contributed by atoms with van der Waals surface area (Å²) in [5, 5.41) is 14.1. The molecule has 0 fully saturated rings. The number of carbonyl (C=O) groups excluding carboxylic acids is 1. The van der Waals surface area contributed by atoms with Crippen LogP contribution in [0.5, 0.6) is 5.75 Å². The molecule has 2 aromatic carbocycles. The molecule has 0 aromatic heterocycles. The Morgan fingerprint density at radius 3 is 2.78 bits per heavy atom. The van der Waals surface area contributed by atoms with Gasteiger partial charge in [-0.3, -0.25) is 0 Å². The number of urea groups is 1. The molecule has 122 valence electrons. The molecule has 0 heterocycles. The minimum Gasteiger partial charge on any atom is -0.491 e. The summed E-state index contributed by atoms with van der Waals surface area (Å²) in [7, 11) is 0. The van der Waals surface area contributed by atoms with Gasteiger partial charge in [0.1, 0.15) is 18.2 Å². The molecular weight excluding hydrogens is 299 g/mol. The summed E-state index contributed by atoms with van der Waals surface area (Å²) in [4.78, 5) is 11.9. The first-order chi connectivity index (χ1) is 11.1. The Morgan fingerprint density at radius 2 is 2.04 bits per heavy atom. The van der Waals surface area contributed by atoms with Crippen LogP contribution in [0.15, 0.2) is 42.5 Å². The van der Waals surface area contributed by atoms with Crippen LogP contribution in [0.4, 0.5) is 14.9 Å². The van der Waals surface area contributed by atoms with Crippen molar-refractivity contribution < 1.29 is 19.0 Å². The summed E-state index contributed by atoms with van der Waals surface area (Å²) in [6, 6.07) is 11.3. The molecule has 0 unspecified atom stereocenters. The van der Waals surface area contributed by atoms with Crippen molar-refractivity contribution in [2.24, 2.45) is 0 Å². The van der Waals surface area contributed by atoms with Gasteiger partial charge >= 0.3 is 6.03 Å². The van der Waals surface area contributed by atoms with E-state index in [2.05, 4.69) is 10.6 Å². The van der Waals surface area contributed by atoms with Crippen molar-refractivity contribution >= 4 is 11.7 Å². The van der Waals surface area contributed by atoms with E-state index in [4.69, 9.17) is 9.84 Å². The Hall–Kier alpha value is -2.60. The number of hydrogen-bond donors (Lipinski definition) is 3. The molecule has 6 heteroatoms. The van der Waals surface area contributed by atoms with Crippen LogP contribution >= 0.6 is 0 Å². The molecule has 0 radical (unpaired) electrons. The van der Waals surface area contributed by atoms with Crippen LogP contribution in [0.3, 0.4) is 0 Å². The highest BCUT2D eigenvalue weighted by atomic mass is 19.1. The first-order valence-corrected chi connectivity index (χ1v) is 7.22. The molecule has 23 heavy (non-hydrogen) atoms. The largest absolute Gasteiger partial charge is 0.491 e. The number of rotatable bonds is 6. The number of aliphatic hydroxyl groups excluding tert-OH is 1. The van der Waals surface area contributed by atoms with Crippen molar-refractivity contribution in [3.63, 3.8) is 0 Å². The van der Waals surface area contributed by atoms with E-state index in [0.717, 1.165) is 5.56 Å². The van der Waals surface area contributed by atoms with Gasteiger partial charge in [-0.1, -0.05) is 24.3 Å². The maximum Gasteiger partial charge on any atom is 0.319 e. The highest BCUT2D eigenvalue weighted by molar-refractivity contribution is 5.89. The average Bonchev–Trinajstić information content (AvgIpc) is 2.55. The van der Waals surface area contributed by atoms with Gasteiger partial charge in [0.05, 0.1) is 6.61 Å². The van der Waals surface area contributed by atoms with Crippen molar-refractivity contribution in [1.29, 1.82) is 0 Å². The van der Waals surface area contributed by atoms with E-state index in [-0.39, 0.29) is 25.6 Å². The van der Waals surface area contributed by atoms with Gasteiger partial charge in [0.15, 0.2) is 0 Å². The van der Waals surface area contributed by atoms with Gasteiger partial charge in [-0.05, 0) is 30.7 Å². The molecule has 2 aromatic rings. The van der Waals surface area contributed by atoms with Gasteiger partial charge < -0.3 is 20.5 Å². The average molecular weight is 318 g/mol. The third-order valence-electron chi connectivity index (χ3n) is 3.19. The molecule has 0 saturated heterocycles. The number of amides is 2. The van der Waals surface area contributed by atoms with E-state index in [1.54, 1.807) is 25.1 Å². The number of halogens is 1. The minimum absolute atomic E-state index is 0.0821. The number of carbonyl (C=O) groups is 1. The number of anilines is 1. The van der Waals surface area contributed by atoms with Crippen LogP contribution < -0.4 is 15.4 Å². The molecule has 0 aliphatic rings. The van der Waals surface area contributed by atoms with Crippen molar-refractivity contribution in [3.05, 3.63) is 59.4 Å². The summed E-state index contributed by atoms with van der Waals surface area (Å²) < 4.78 is 18.8. The van der Waals surface area contributed by atoms with Gasteiger partial charge in [0.25, 0.3) is 0 Å². The van der Waals surface area contributed by atoms with E-state index in [9.17, 15) is 9.18 Å². The van der Waals surface area contributed by atoms with Gasteiger partial charge in [-0.2, -0.15) is 0 Å². The molecule has 0 spiro atoms. The van der Waals surface area contributed by atoms with Crippen LogP contribution in [0.1, 0.15) is 11.1 Å². The lowest BCUT2D eigenvalue weighted by molar-refractivity contribution is 0.200. The van der Waals surface area contributed by atoms with Crippen LogP contribution in [0.25, 0.3) is 0 Å². The van der Waals surface area contributed by atoms with E-state index in [1.807, 2.05) is 18.2 Å². The first kappa shape index (κ1) is 16.8. The zero-order valence-electron chi connectivity index (χ0n) is 12.8. The van der Waals surface area contributed by atoms with Gasteiger partial charge in [0.2, 0.25) is 0 Å². The molecule has 5 nitrogen and oxygen atoms in total. The lowest BCUT2D eigenvalue weighted by Gasteiger charge is -2.12. The van der Waals surface area contributed by atoms with E-state index >= 15 is 0 Å². The molecular formula is C17H19FN2O3. The monoisotopic (exact) mass is 318 g/mol. The first-order valence-electron chi connectivity index (χ1n) is 7.22. The summed E-state index contributed by atoms with van der Waals surface area (Å²) in [5.74, 6) is 0.230. The maximum absolute atomic E-state index is 13.4. The van der Waals surface area contributed by atoms with Crippen LogP contribution in [0.2, 0.25) is 0 Å². The number of nitrogens with one attached hydrogen (secondary N) is 2. The van der Waals surface area contributed by atoms with Crippen molar-refractivity contribution in [3.8, 4) is 5.75 Å². The highest BCUT2D eigenvalue weighted by Crippen LogP contribution is 2.18. The predicted octanol–water partition coefficient (Wildman–Crippen LogP) is 2.83. The predicted molar refractivity (Wildman–Crippen MR) is 86.0 cm³/mol. The molecule has 0 aliphatic heterocycles. The Morgan fingerprint density at radius 1 is 1.26 bits per heavy atom. The SMILES string of the molecule is Cc1ccc(NC(=O)NCc2ccccc2OCCO)cc1F. The van der Waals surface area contributed by atoms with Gasteiger partial charge in [-0.25, -0.2) is 9.18 Å². The van der Waals surface area contributed by atoms with E-state index in [1.165, 1.54) is 6.07 Å². The fourth-order valence-electron chi connectivity index (χ4n) is 1.97. The smallest absolute Gasteiger partial charge is 0.319 e. The quantitative estimate of drug-likeness (QED) is 0.767. The number of hydrogen-bond acceptors (Lipinski definition) is 3. The Kier molecular flexibility index (Phi) is 5.94. The number of aryl methyl sites for hydroxylation is 1. The Bertz CT molecular complexity index is 677. The van der Waals surface area contributed by atoms with Crippen LogP contribution in [0, 0.1) is 12.7 Å². The summed E-state index contributed by atoms with van der Waals surface area (Å²) in [5.41, 5.74) is 1.69. The summed E-state index contributed by atoms with van der Waals surface area (Å²) >= 11 is 0. The highest BCUT2D eigenvalue weighted by Gasteiger charge is 2.07. The van der Waals surface area contributed by atoms with Crippen molar-refractivity contribution in [1.82, 2.24) is 5.32 Å². The minimum atomic E-state index is -0.440. The second-order valence-corrected chi connectivity index (χ2v) is 4.95. The lowest BCUT2D eigenvalue weighted by atomic mass is 10.2. The molecule has 2 rings (SSSR count). The zero-order valence-corrected chi connectivity index (χ0v) is 12.8. The Labute approximate surface area is 134 Å². The third kappa shape index (κ3) is 4.96. The van der Waals surface area contributed by atoms with E-state index in [0.29, 0.717) is 17.0 Å². The number of ether oxygens (including phenoxy) is 1. The normalized spacial score (nSPS) is 10.2. The fourth-order valence-corrected chi connectivity index (χ4v) is 1.97. The van der Waals surface area contributed by atoms with Crippen LogP contribution in [-0.2, 0) is 6.54 Å². The Balaban J connectivity index is 1.92. The zero-order chi connectivity index (χ0) is 16.7. The molecule has 0 bridgehead atoms. The number of benzene rings is 2. The fraction of sp³-hybridized carbons (Fsp3) is 0.235. The topological polar surface area (TPSA) is 70.6 Å². The number of aliphatic hydroxyl groups is 1.